The van der Waals surface area contributed by atoms with Crippen LogP contribution in [0.3, 0.4) is 0 Å². The number of aliphatic hydroxyl groups excluding tert-OH is 4. The predicted octanol–water partition coefficient (Wildman–Crippen LogP) is -0.417. The van der Waals surface area contributed by atoms with Crippen molar-refractivity contribution in [3.05, 3.63) is 48.5 Å². The summed E-state index contributed by atoms with van der Waals surface area (Å²) < 4.78 is 7.02. The first-order valence-electron chi connectivity index (χ1n) is 8.87. The molecule has 0 spiro atoms. The van der Waals surface area contributed by atoms with Crippen LogP contribution in [0.5, 0.6) is 0 Å². The molecule has 3 aromatic rings. The average Bonchev–Trinajstić information content (AvgIpc) is 3.28. The maximum Gasteiger partial charge on any atom is 0.167 e. The van der Waals surface area contributed by atoms with E-state index in [1.165, 1.54) is 17.2 Å². The van der Waals surface area contributed by atoms with E-state index in [9.17, 15) is 20.4 Å². The van der Waals surface area contributed by atoms with Crippen LogP contribution < -0.4 is 5.32 Å². The Labute approximate surface area is 160 Å². The normalized spacial score (nSPS) is 25.9. The van der Waals surface area contributed by atoms with Crippen molar-refractivity contribution in [3.8, 4) is 0 Å². The van der Waals surface area contributed by atoms with Gasteiger partial charge in [0, 0.05) is 6.54 Å². The van der Waals surface area contributed by atoms with Crippen molar-refractivity contribution in [3.63, 3.8) is 0 Å². The zero-order chi connectivity index (χ0) is 19.7. The third-order valence-electron chi connectivity index (χ3n) is 4.80. The lowest BCUT2D eigenvalue weighted by atomic mass is 10.1. The zero-order valence-electron chi connectivity index (χ0n) is 14.8. The lowest BCUT2D eigenvalue weighted by Crippen LogP contribution is -2.33. The summed E-state index contributed by atoms with van der Waals surface area (Å²) in [5.74, 6) is 0.422. The number of nitrogens with zero attached hydrogens (tertiary/aromatic N) is 4. The Kier molecular flexibility index (Phi) is 5.20. The molecule has 1 saturated heterocycles. The molecular formula is C18H21N5O5. The number of benzene rings is 1. The molecule has 2 unspecified atom stereocenters. The van der Waals surface area contributed by atoms with E-state index in [0.29, 0.717) is 17.0 Å². The van der Waals surface area contributed by atoms with E-state index in [1.807, 2.05) is 30.3 Å². The van der Waals surface area contributed by atoms with Crippen LogP contribution in [-0.2, 0) is 4.74 Å². The minimum Gasteiger partial charge on any atom is -0.394 e. The Balaban J connectivity index is 1.56. The van der Waals surface area contributed by atoms with E-state index in [1.54, 1.807) is 0 Å². The zero-order valence-corrected chi connectivity index (χ0v) is 14.8. The first-order chi connectivity index (χ1) is 13.6. The maximum atomic E-state index is 10.3. The number of imidazole rings is 1. The molecule has 0 saturated carbocycles. The largest absolute Gasteiger partial charge is 0.394 e. The fourth-order valence-corrected chi connectivity index (χ4v) is 3.26. The average molecular weight is 387 g/mol. The number of rotatable bonds is 6. The van der Waals surface area contributed by atoms with Crippen LogP contribution in [0.4, 0.5) is 5.82 Å². The number of fused-ring (bicyclic) bond motifs is 1. The SMILES string of the molecule is OC[C@H]1OC(n2cnc3c(NCC(O)c4ccccc4)ncnc32)[C@H](O)[C@@H]1O. The molecule has 3 heterocycles. The summed E-state index contributed by atoms with van der Waals surface area (Å²) in [6, 6.07) is 9.24. The lowest BCUT2D eigenvalue weighted by molar-refractivity contribution is -0.0511. The van der Waals surface area contributed by atoms with E-state index in [4.69, 9.17) is 4.74 Å². The van der Waals surface area contributed by atoms with Crippen LogP contribution in [0.2, 0.25) is 0 Å². The van der Waals surface area contributed by atoms with Gasteiger partial charge in [0.25, 0.3) is 0 Å². The van der Waals surface area contributed by atoms with Gasteiger partial charge in [-0.15, -0.1) is 0 Å². The highest BCUT2D eigenvalue weighted by Crippen LogP contribution is 2.32. The topological polar surface area (TPSA) is 146 Å². The number of nitrogens with one attached hydrogen (secondary N) is 1. The van der Waals surface area contributed by atoms with Gasteiger partial charge in [0.2, 0.25) is 0 Å². The van der Waals surface area contributed by atoms with Crippen LogP contribution in [0.15, 0.2) is 43.0 Å². The molecule has 1 aliphatic rings. The van der Waals surface area contributed by atoms with E-state index in [-0.39, 0.29) is 6.54 Å². The Bertz CT molecular complexity index is 937. The summed E-state index contributed by atoms with van der Waals surface area (Å²) in [7, 11) is 0. The third kappa shape index (κ3) is 3.32. The van der Waals surface area contributed by atoms with Gasteiger partial charge in [-0.2, -0.15) is 0 Å². The van der Waals surface area contributed by atoms with E-state index in [2.05, 4.69) is 20.3 Å². The molecule has 148 valence electrons. The molecule has 10 nitrogen and oxygen atoms in total. The summed E-state index contributed by atoms with van der Waals surface area (Å²) in [4.78, 5) is 12.7. The summed E-state index contributed by atoms with van der Waals surface area (Å²) in [5.41, 5.74) is 1.60. The minimum absolute atomic E-state index is 0.219. The van der Waals surface area contributed by atoms with Crippen LogP contribution in [0.25, 0.3) is 11.2 Å². The van der Waals surface area contributed by atoms with E-state index < -0.39 is 37.3 Å². The third-order valence-corrected chi connectivity index (χ3v) is 4.80. The predicted molar refractivity (Wildman–Crippen MR) is 98.2 cm³/mol. The molecule has 0 amide bonds. The summed E-state index contributed by atoms with van der Waals surface area (Å²) >= 11 is 0. The number of aliphatic hydroxyl groups is 4. The Morgan fingerprint density at radius 1 is 1.11 bits per heavy atom. The summed E-state index contributed by atoms with van der Waals surface area (Å²) in [6.07, 6.45) is -2.24. The first kappa shape index (κ1) is 18.7. The highest BCUT2D eigenvalue weighted by molar-refractivity contribution is 5.82. The van der Waals surface area contributed by atoms with Gasteiger partial charge in [-0.3, -0.25) is 4.57 Å². The Morgan fingerprint density at radius 2 is 1.89 bits per heavy atom. The number of anilines is 1. The van der Waals surface area contributed by atoms with E-state index in [0.717, 1.165) is 5.56 Å². The van der Waals surface area contributed by atoms with Crippen molar-refractivity contribution in [1.29, 1.82) is 0 Å². The smallest absolute Gasteiger partial charge is 0.167 e. The molecule has 28 heavy (non-hydrogen) atoms. The summed E-state index contributed by atoms with van der Waals surface area (Å²) in [6.45, 7) is -0.197. The molecule has 1 fully saturated rings. The number of hydrogen-bond acceptors (Lipinski definition) is 9. The molecule has 0 bridgehead atoms. The van der Waals surface area contributed by atoms with Crippen LogP contribution >= 0.6 is 0 Å². The van der Waals surface area contributed by atoms with Gasteiger partial charge in [0.05, 0.1) is 19.0 Å². The number of hydrogen-bond donors (Lipinski definition) is 5. The van der Waals surface area contributed by atoms with Crippen molar-refractivity contribution in [2.24, 2.45) is 0 Å². The molecule has 0 aliphatic carbocycles. The highest BCUT2D eigenvalue weighted by Gasteiger charge is 2.44. The standard InChI is InChI=1S/C18H21N5O5/c24-7-12-14(26)15(27)18(28-12)23-9-22-13-16(20-8-21-17(13)23)19-6-11(25)10-4-2-1-3-5-10/h1-5,8-9,11-12,14-15,18,24-27H,6-7H2,(H,19,20,21)/t11?,12-,14-,15-,18?/m1/s1. The first-order valence-corrected chi connectivity index (χ1v) is 8.87. The Morgan fingerprint density at radius 3 is 2.61 bits per heavy atom. The second-order valence-corrected chi connectivity index (χ2v) is 6.58. The van der Waals surface area contributed by atoms with Crippen LogP contribution in [0.1, 0.15) is 17.9 Å². The van der Waals surface area contributed by atoms with Gasteiger partial charge in [0.1, 0.15) is 24.6 Å². The van der Waals surface area contributed by atoms with Gasteiger partial charge in [0.15, 0.2) is 23.2 Å². The molecule has 10 heteroatoms. The quantitative estimate of drug-likeness (QED) is 0.381. The van der Waals surface area contributed by atoms with Gasteiger partial charge in [-0.05, 0) is 5.56 Å². The highest BCUT2D eigenvalue weighted by atomic mass is 16.6. The maximum absolute atomic E-state index is 10.3. The second-order valence-electron chi connectivity index (χ2n) is 6.58. The van der Waals surface area contributed by atoms with Crippen LogP contribution in [-0.4, -0.2) is 71.4 Å². The van der Waals surface area contributed by atoms with Gasteiger partial charge in [-0.25, -0.2) is 15.0 Å². The van der Waals surface area contributed by atoms with E-state index >= 15 is 0 Å². The molecule has 5 N–H and O–H groups in total. The molecule has 5 atom stereocenters. The number of ether oxygens (including phenoxy) is 1. The van der Waals surface area contributed by atoms with Gasteiger partial charge < -0.3 is 30.5 Å². The van der Waals surface area contributed by atoms with Crippen molar-refractivity contribution < 1.29 is 25.2 Å². The van der Waals surface area contributed by atoms with Crippen molar-refractivity contribution in [1.82, 2.24) is 19.5 Å². The van der Waals surface area contributed by atoms with Crippen molar-refractivity contribution in [2.75, 3.05) is 18.5 Å². The van der Waals surface area contributed by atoms with Gasteiger partial charge in [-0.1, -0.05) is 30.3 Å². The van der Waals surface area contributed by atoms with Crippen molar-refractivity contribution in [2.45, 2.75) is 30.6 Å². The minimum atomic E-state index is -1.24. The molecular weight excluding hydrogens is 366 g/mol. The van der Waals surface area contributed by atoms with Crippen molar-refractivity contribution >= 4 is 17.0 Å². The fraction of sp³-hybridized carbons (Fsp3) is 0.389. The fourth-order valence-electron chi connectivity index (χ4n) is 3.26. The van der Waals surface area contributed by atoms with Crippen LogP contribution in [0, 0.1) is 0 Å². The monoisotopic (exact) mass is 387 g/mol. The molecule has 4 rings (SSSR count). The molecule has 1 aliphatic heterocycles. The number of aromatic nitrogens is 4. The lowest BCUT2D eigenvalue weighted by Gasteiger charge is -2.16. The molecule has 2 aromatic heterocycles. The Hall–Kier alpha value is -2.63. The second kappa shape index (κ2) is 7.78. The summed E-state index contributed by atoms with van der Waals surface area (Å²) in [5, 5.41) is 42.8. The van der Waals surface area contributed by atoms with Gasteiger partial charge >= 0.3 is 0 Å². The molecule has 1 aromatic carbocycles. The molecule has 0 radical (unpaired) electrons.